The first-order valence-electron chi connectivity index (χ1n) is 8.80. The molecule has 0 N–H and O–H groups in total. The number of rotatable bonds is 4. The molecule has 2 saturated heterocycles. The van der Waals surface area contributed by atoms with E-state index in [1.165, 1.54) is 5.56 Å². The average Bonchev–Trinajstić information content (AvgIpc) is 2.85. The van der Waals surface area contributed by atoms with Crippen molar-refractivity contribution in [1.29, 1.82) is 0 Å². The van der Waals surface area contributed by atoms with Crippen molar-refractivity contribution in [3.8, 4) is 5.75 Å². The van der Waals surface area contributed by atoms with Gasteiger partial charge in [0.25, 0.3) is 0 Å². The van der Waals surface area contributed by atoms with Crippen LogP contribution >= 0.6 is 0 Å². The van der Waals surface area contributed by atoms with Crippen LogP contribution in [0.3, 0.4) is 0 Å². The van der Waals surface area contributed by atoms with Crippen LogP contribution in [0.4, 0.5) is 0 Å². The third-order valence-electron chi connectivity index (χ3n) is 4.82. The van der Waals surface area contributed by atoms with E-state index in [4.69, 9.17) is 4.74 Å². The Morgan fingerprint density at radius 2 is 2.04 bits per heavy atom. The van der Waals surface area contributed by atoms with Gasteiger partial charge in [0.05, 0.1) is 6.54 Å². The minimum Gasteiger partial charge on any atom is -0.490 e. The van der Waals surface area contributed by atoms with E-state index < -0.39 is 0 Å². The zero-order valence-electron chi connectivity index (χ0n) is 14.5. The molecule has 0 unspecified atom stereocenters. The van der Waals surface area contributed by atoms with Crippen LogP contribution in [0.5, 0.6) is 5.75 Å². The maximum Gasteiger partial charge on any atom is 0.242 e. The zero-order valence-corrected chi connectivity index (χ0v) is 14.5. The van der Waals surface area contributed by atoms with E-state index in [1.807, 2.05) is 23.1 Å². The Bertz CT molecular complexity index is 608. The Morgan fingerprint density at radius 1 is 1.29 bits per heavy atom. The summed E-state index contributed by atoms with van der Waals surface area (Å²) in [6.45, 7) is 6.44. The Hall–Kier alpha value is -2.04. The van der Waals surface area contributed by atoms with E-state index in [2.05, 4.69) is 19.9 Å². The third kappa shape index (κ3) is 4.08. The Morgan fingerprint density at radius 3 is 2.67 bits per heavy atom. The van der Waals surface area contributed by atoms with E-state index in [0.717, 1.165) is 18.6 Å². The first kappa shape index (κ1) is 16.8. The highest BCUT2D eigenvalue weighted by Crippen LogP contribution is 2.21. The van der Waals surface area contributed by atoms with Gasteiger partial charge in [0.2, 0.25) is 11.8 Å². The lowest BCUT2D eigenvalue weighted by Gasteiger charge is -2.33. The highest BCUT2D eigenvalue weighted by molar-refractivity contribution is 5.86. The van der Waals surface area contributed by atoms with Crippen LogP contribution < -0.4 is 4.74 Å². The van der Waals surface area contributed by atoms with Gasteiger partial charge in [-0.2, -0.15) is 0 Å². The molecule has 0 aromatic heterocycles. The second-order valence-electron chi connectivity index (χ2n) is 7.10. The van der Waals surface area contributed by atoms with E-state index in [-0.39, 0.29) is 24.5 Å². The molecule has 2 amide bonds. The summed E-state index contributed by atoms with van der Waals surface area (Å²) in [6, 6.07) is 8.06. The fraction of sp³-hybridized carbons (Fsp3) is 0.579. The summed E-state index contributed by atoms with van der Waals surface area (Å²) in [4.78, 5) is 27.8. The summed E-state index contributed by atoms with van der Waals surface area (Å²) >= 11 is 0. The number of piperidine rings is 1. The van der Waals surface area contributed by atoms with Gasteiger partial charge in [-0.3, -0.25) is 9.59 Å². The third-order valence-corrected chi connectivity index (χ3v) is 4.82. The number of hydrogen-bond donors (Lipinski definition) is 0. The molecule has 2 heterocycles. The lowest BCUT2D eigenvalue weighted by Crippen LogP contribution is -2.46. The van der Waals surface area contributed by atoms with Crippen LogP contribution in [-0.2, 0) is 9.59 Å². The van der Waals surface area contributed by atoms with Gasteiger partial charge in [0.1, 0.15) is 11.9 Å². The molecule has 2 fully saturated rings. The molecule has 24 heavy (non-hydrogen) atoms. The summed E-state index contributed by atoms with van der Waals surface area (Å²) in [5.41, 5.74) is 1.18. The molecular formula is C19H26N2O3. The van der Waals surface area contributed by atoms with Crippen LogP contribution in [0.1, 0.15) is 31.7 Å². The lowest BCUT2D eigenvalue weighted by molar-refractivity contribution is -0.139. The summed E-state index contributed by atoms with van der Waals surface area (Å²) in [5.74, 6) is 1.43. The minimum atomic E-state index is 0.0615. The number of carbonyl (C=O) groups excluding carboxylic acids is 2. The molecule has 0 saturated carbocycles. The second-order valence-corrected chi connectivity index (χ2v) is 7.10. The number of amides is 2. The molecule has 5 heteroatoms. The molecule has 0 spiro atoms. The number of nitrogens with zero attached hydrogens (tertiary/aromatic N) is 2. The van der Waals surface area contributed by atoms with Gasteiger partial charge in [-0.15, -0.1) is 0 Å². The number of hydrogen-bond acceptors (Lipinski definition) is 3. The predicted octanol–water partition coefficient (Wildman–Crippen LogP) is 2.23. The molecule has 0 radical (unpaired) electrons. The number of likely N-dealkylation sites (tertiary alicyclic amines) is 2. The van der Waals surface area contributed by atoms with Crippen molar-refractivity contribution < 1.29 is 14.3 Å². The SMILES string of the molecule is Cc1cccc(OC2CCN(C(=O)CN3C[C@H](C)CC3=O)CC2)c1. The molecule has 2 aliphatic rings. The van der Waals surface area contributed by atoms with Crippen molar-refractivity contribution in [3.63, 3.8) is 0 Å². The van der Waals surface area contributed by atoms with Crippen molar-refractivity contribution >= 4 is 11.8 Å². The first-order valence-corrected chi connectivity index (χ1v) is 8.80. The summed E-state index contributed by atoms with van der Waals surface area (Å²) in [5, 5.41) is 0. The normalized spacial score (nSPS) is 22.1. The minimum absolute atomic E-state index is 0.0615. The highest BCUT2D eigenvalue weighted by atomic mass is 16.5. The Balaban J connectivity index is 1.46. The van der Waals surface area contributed by atoms with Crippen LogP contribution in [0.2, 0.25) is 0 Å². The van der Waals surface area contributed by atoms with Crippen LogP contribution in [0.15, 0.2) is 24.3 Å². The quantitative estimate of drug-likeness (QED) is 0.851. The van der Waals surface area contributed by atoms with Gasteiger partial charge in [-0.25, -0.2) is 0 Å². The van der Waals surface area contributed by atoms with Gasteiger partial charge >= 0.3 is 0 Å². The monoisotopic (exact) mass is 330 g/mol. The molecule has 1 atom stereocenters. The molecule has 1 aromatic rings. The van der Waals surface area contributed by atoms with Crippen molar-refractivity contribution in [2.75, 3.05) is 26.2 Å². The predicted molar refractivity (Wildman–Crippen MR) is 91.8 cm³/mol. The van der Waals surface area contributed by atoms with Crippen molar-refractivity contribution in [2.45, 2.75) is 39.2 Å². The molecule has 3 rings (SSSR count). The number of aryl methyl sites for hydroxylation is 1. The van der Waals surface area contributed by atoms with Crippen LogP contribution in [0.25, 0.3) is 0 Å². The molecule has 130 valence electrons. The largest absolute Gasteiger partial charge is 0.490 e. The van der Waals surface area contributed by atoms with Gasteiger partial charge in [0, 0.05) is 38.9 Å². The van der Waals surface area contributed by atoms with E-state index in [1.54, 1.807) is 4.90 Å². The standard InChI is InChI=1S/C19H26N2O3/c1-14-4-3-5-17(10-14)24-16-6-8-20(9-7-16)19(23)13-21-12-15(2)11-18(21)22/h3-5,10,15-16H,6-9,11-13H2,1-2H3/t15-/m1/s1. The first-order chi connectivity index (χ1) is 11.5. The van der Waals surface area contributed by atoms with E-state index >= 15 is 0 Å². The van der Waals surface area contributed by atoms with E-state index in [9.17, 15) is 9.59 Å². The lowest BCUT2D eigenvalue weighted by atomic mass is 10.1. The van der Waals surface area contributed by atoms with Crippen molar-refractivity contribution in [1.82, 2.24) is 9.80 Å². The number of benzene rings is 1. The fourth-order valence-electron chi connectivity index (χ4n) is 3.49. The number of ether oxygens (including phenoxy) is 1. The molecule has 0 bridgehead atoms. The maximum atomic E-state index is 12.4. The average molecular weight is 330 g/mol. The molecular weight excluding hydrogens is 304 g/mol. The number of carbonyl (C=O) groups is 2. The van der Waals surface area contributed by atoms with Gasteiger partial charge in [-0.1, -0.05) is 19.1 Å². The summed E-state index contributed by atoms with van der Waals surface area (Å²) in [7, 11) is 0. The second kappa shape index (κ2) is 7.24. The molecule has 5 nitrogen and oxygen atoms in total. The van der Waals surface area contributed by atoms with E-state index in [0.29, 0.717) is 32.0 Å². The zero-order chi connectivity index (χ0) is 17.1. The molecule has 0 aliphatic carbocycles. The fourth-order valence-corrected chi connectivity index (χ4v) is 3.49. The smallest absolute Gasteiger partial charge is 0.242 e. The van der Waals surface area contributed by atoms with Crippen LogP contribution in [0, 0.1) is 12.8 Å². The van der Waals surface area contributed by atoms with Gasteiger partial charge in [-0.05, 0) is 30.5 Å². The van der Waals surface area contributed by atoms with Crippen LogP contribution in [-0.4, -0.2) is 53.9 Å². The van der Waals surface area contributed by atoms with Gasteiger partial charge in [0.15, 0.2) is 0 Å². The Labute approximate surface area is 143 Å². The summed E-state index contributed by atoms with van der Waals surface area (Å²) in [6.07, 6.45) is 2.40. The highest BCUT2D eigenvalue weighted by Gasteiger charge is 2.30. The van der Waals surface area contributed by atoms with Gasteiger partial charge < -0.3 is 14.5 Å². The maximum absolute atomic E-state index is 12.4. The summed E-state index contributed by atoms with van der Waals surface area (Å²) < 4.78 is 6.03. The molecule has 1 aromatic carbocycles. The Kier molecular flexibility index (Phi) is 5.07. The van der Waals surface area contributed by atoms with Crippen molar-refractivity contribution in [2.24, 2.45) is 5.92 Å². The molecule has 2 aliphatic heterocycles. The van der Waals surface area contributed by atoms with Crippen molar-refractivity contribution in [3.05, 3.63) is 29.8 Å². The topological polar surface area (TPSA) is 49.9 Å².